The minimum Gasteiger partial charge on any atom is -0.350 e. The van der Waals surface area contributed by atoms with Gasteiger partial charge in [-0.15, -0.1) is 0 Å². The van der Waals surface area contributed by atoms with Crippen molar-refractivity contribution in [3.05, 3.63) is 35.4 Å². The zero-order chi connectivity index (χ0) is 16.2. The van der Waals surface area contributed by atoms with E-state index in [1.807, 2.05) is 32.9 Å². The Morgan fingerprint density at radius 3 is 2.10 bits per heavy atom. The first-order valence-electron chi connectivity index (χ1n) is 7.38. The van der Waals surface area contributed by atoms with Crippen LogP contribution in [0.1, 0.15) is 58.6 Å². The molecule has 1 aromatic rings. The van der Waals surface area contributed by atoms with E-state index in [4.69, 9.17) is 0 Å². The van der Waals surface area contributed by atoms with Crippen molar-refractivity contribution < 1.29 is 9.00 Å². The lowest BCUT2D eigenvalue weighted by Gasteiger charge is -2.23. The van der Waals surface area contributed by atoms with Gasteiger partial charge in [0.15, 0.2) is 0 Å². The SMILES string of the molecule is CC(C)c1ccc(C[S@@](=O)[C@@H](C)C(=O)NC(C)(C)C)cc1. The lowest BCUT2D eigenvalue weighted by Crippen LogP contribution is -2.46. The van der Waals surface area contributed by atoms with Gasteiger partial charge in [-0.3, -0.25) is 9.00 Å². The van der Waals surface area contributed by atoms with Crippen molar-refractivity contribution in [3.8, 4) is 0 Å². The molecule has 1 rings (SSSR count). The average Bonchev–Trinajstić information content (AvgIpc) is 2.36. The number of amides is 1. The zero-order valence-electron chi connectivity index (χ0n) is 13.9. The van der Waals surface area contributed by atoms with Gasteiger partial charge in [0.2, 0.25) is 5.91 Å². The maximum absolute atomic E-state index is 12.3. The highest BCUT2D eigenvalue weighted by Crippen LogP contribution is 2.16. The van der Waals surface area contributed by atoms with Gasteiger partial charge in [0.05, 0.1) is 0 Å². The van der Waals surface area contributed by atoms with E-state index in [9.17, 15) is 9.00 Å². The maximum atomic E-state index is 12.3. The van der Waals surface area contributed by atoms with Gasteiger partial charge in [-0.05, 0) is 44.7 Å². The van der Waals surface area contributed by atoms with Crippen molar-refractivity contribution in [2.45, 2.75) is 64.0 Å². The van der Waals surface area contributed by atoms with Crippen LogP contribution in [0.25, 0.3) is 0 Å². The van der Waals surface area contributed by atoms with E-state index in [1.54, 1.807) is 6.92 Å². The molecule has 0 bridgehead atoms. The minimum absolute atomic E-state index is 0.153. The number of hydrogen-bond acceptors (Lipinski definition) is 2. The molecule has 0 radical (unpaired) electrons. The molecule has 0 spiro atoms. The third-order valence-electron chi connectivity index (χ3n) is 3.22. The molecule has 0 aliphatic carbocycles. The normalized spacial score (nSPS) is 14.8. The second-order valence-electron chi connectivity index (χ2n) is 6.80. The third kappa shape index (κ3) is 6.00. The van der Waals surface area contributed by atoms with Crippen molar-refractivity contribution in [1.82, 2.24) is 5.32 Å². The van der Waals surface area contributed by atoms with Gasteiger partial charge in [0.1, 0.15) is 5.25 Å². The summed E-state index contributed by atoms with van der Waals surface area (Å²) in [5.74, 6) is 0.748. The van der Waals surface area contributed by atoms with Crippen LogP contribution in [0, 0.1) is 0 Å². The van der Waals surface area contributed by atoms with E-state index in [-0.39, 0.29) is 11.4 Å². The second kappa shape index (κ2) is 7.21. The molecule has 0 unspecified atom stereocenters. The monoisotopic (exact) mass is 309 g/mol. The number of benzene rings is 1. The number of carbonyl (C=O) groups excluding carboxylic acids is 1. The number of hydrogen-bond donors (Lipinski definition) is 1. The summed E-state index contributed by atoms with van der Waals surface area (Å²) in [5.41, 5.74) is 1.98. The summed E-state index contributed by atoms with van der Waals surface area (Å²) in [5, 5.41) is 2.37. The van der Waals surface area contributed by atoms with Crippen LogP contribution in [0.5, 0.6) is 0 Å². The highest BCUT2D eigenvalue weighted by Gasteiger charge is 2.23. The van der Waals surface area contributed by atoms with E-state index in [2.05, 4.69) is 31.3 Å². The first kappa shape index (κ1) is 17.9. The molecule has 2 atom stereocenters. The molecule has 1 N–H and O–H groups in total. The van der Waals surface area contributed by atoms with Crippen molar-refractivity contribution in [2.24, 2.45) is 0 Å². The summed E-state index contributed by atoms with van der Waals surface area (Å²) in [6.07, 6.45) is 0. The molecular weight excluding hydrogens is 282 g/mol. The lowest BCUT2D eigenvalue weighted by atomic mass is 10.0. The number of rotatable bonds is 5. The Morgan fingerprint density at radius 2 is 1.67 bits per heavy atom. The number of carbonyl (C=O) groups is 1. The smallest absolute Gasteiger partial charge is 0.235 e. The maximum Gasteiger partial charge on any atom is 0.235 e. The van der Waals surface area contributed by atoms with Crippen molar-refractivity contribution >= 4 is 16.7 Å². The standard InChI is InChI=1S/C17H27NO2S/c1-12(2)15-9-7-14(8-10-15)11-21(20)13(3)16(19)18-17(4,5)6/h7-10,12-13H,11H2,1-6H3,(H,18,19)/t13-,21+/m0/s1. The molecular formula is C17H27NO2S. The highest BCUT2D eigenvalue weighted by atomic mass is 32.2. The first-order chi connectivity index (χ1) is 9.60. The summed E-state index contributed by atoms with van der Waals surface area (Å²) in [6.45, 7) is 11.8. The Hall–Kier alpha value is -1.16. The molecule has 4 heteroatoms. The average molecular weight is 309 g/mol. The Bertz CT molecular complexity index is 501. The molecule has 0 aliphatic heterocycles. The minimum atomic E-state index is -1.21. The Kier molecular flexibility index (Phi) is 6.14. The quantitative estimate of drug-likeness (QED) is 0.906. The summed E-state index contributed by atoms with van der Waals surface area (Å²) in [6, 6.07) is 8.14. The molecule has 1 amide bonds. The lowest BCUT2D eigenvalue weighted by molar-refractivity contribution is -0.121. The van der Waals surface area contributed by atoms with Crippen molar-refractivity contribution in [3.63, 3.8) is 0 Å². The Balaban J connectivity index is 2.65. The molecule has 0 saturated carbocycles. The van der Waals surface area contributed by atoms with Gasteiger partial charge in [-0.25, -0.2) is 0 Å². The molecule has 21 heavy (non-hydrogen) atoms. The zero-order valence-corrected chi connectivity index (χ0v) is 14.7. The van der Waals surface area contributed by atoms with Gasteiger partial charge < -0.3 is 5.32 Å². The van der Waals surface area contributed by atoms with Crippen LogP contribution >= 0.6 is 0 Å². The fraction of sp³-hybridized carbons (Fsp3) is 0.588. The van der Waals surface area contributed by atoms with Crippen LogP contribution in [0.15, 0.2) is 24.3 Å². The predicted molar refractivity (Wildman–Crippen MR) is 89.7 cm³/mol. The Labute approximate surface area is 131 Å². The summed E-state index contributed by atoms with van der Waals surface area (Å²) in [7, 11) is -1.21. The molecule has 0 aromatic heterocycles. The summed E-state index contributed by atoms with van der Waals surface area (Å²) in [4.78, 5) is 12.0. The van der Waals surface area contributed by atoms with E-state index < -0.39 is 16.0 Å². The molecule has 0 heterocycles. The van der Waals surface area contributed by atoms with Crippen LogP contribution in [-0.4, -0.2) is 20.9 Å². The summed E-state index contributed by atoms with van der Waals surface area (Å²) >= 11 is 0. The highest BCUT2D eigenvalue weighted by molar-refractivity contribution is 7.85. The van der Waals surface area contributed by atoms with Crippen molar-refractivity contribution in [1.29, 1.82) is 0 Å². The molecule has 0 aliphatic rings. The van der Waals surface area contributed by atoms with Crippen LogP contribution in [0.3, 0.4) is 0 Å². The fourth-order valence-electron chi connectivity index (χ4n) is 1.88. The van der Waals surface area contributed by atoms with Gasteiger partial charge in [-0.1, -0.05) is 38.1 Å². The topological polar surface area (TPSA) is 46.2 Å². The molecule has 0 fully saturated rings. The van der Waals surface area contributed by atoms with Crippen LogP contribution in [0.2, 0.25) is 0 Å². The molecule has 1 aromatic carbocycles. The van der Waals surface area contributed by atoms with E-state index in [0.29, 0.717) is 11.7 Å². The first-order valence-corrected chi connectivity index (χ1v) is 8.76. The number of nitrogens with one attached hydrogen (secondary N) is 1. The van der Waals surface area contributed by atoms with Gasteiger partial charge in [0, 0.05) is 22.1 Å². The largest absolute Gasteiger partial charge is 0.350 e. The molecule has 118 valence electrons. The van der Waals surface area contributed by atoms with Crippen molar-refractivity contribution in [2.75, 3.05) is 0 Å². The molecule has 0 saturated heterocycles. The van der Waals surface area contributed by atoms with E-state index in [1.165, 1.54) is 5.56 Å². The second-order valence-corrected chi connectivity index (χ2v) is 8.56. The Morgan fingerprint density at radius 1 is 1.14 bits per heavy atom. The van der Waals surface area contributed by atoms with Gasteiger partial charge in [-0.2, -0.15) is 0 Å². The molecule has 3 nitrogen and oxygen atoms in total. The fourth-order valence-corrected chi connectivity index (χ4v) is 2.95. The van der Waals surface area contributed by atoms with E-state index >= 15 is 0 Å². The third-order valence-corrected chi connectivity index (χ3v) is 4.84. The van der Waals surface area contributed by atoms with Crippen LogP contribution in [-0.2, 0) is 21.3 Å². The summed E-state index contributed by atoms with van der Waals surface area (Å²) < 4.78 is 12.3. The van der Waals surface area contributed by atoms with Crippen LogP contribution in [0.4, 0.5) is 0 Å². The van der Waals surface area contributed by atoms with Gasteiger partial charge in [0.25, 0.3) is 0 Å². The van der Waals surface area contributed by atoms with Gasteiger partial charge >= 0.3 is 0 Å². The van der Waals surface area contributed by atoms with Crippen LogP contribution < -0.4 is 5.32 Å². The van der Waals surface area contributed by atoms with E-state index in [0.717, 1.165) is 5.56 Å². The predicted octanol–water partition coefficient (Wildman–Crippen LogP) is 3.36.